The molecule has 0 spiro atoms. The number of ether oxygens (including phenoxy) is 2. The largest absolute Gasteiger partial charge is 0.476 e. The summed E-state index contributed by atoms with van der Waals surface area (Å²) in [7, 11) is 1.84. The summed E-state index contributed by atoms with van der Waals surface area (Å²) in [5.74, 6) is 0.647. The van der Waals surface area contributed by atoms with Crippen LogP contribution < -0.4 is 20.3 Å². The van der Waals surface area contributed by atoms with E-state index in [0.717, 1.165) is 64.5 Å². The molecule has 9 nitrogen and oxygen atoms in total. The van der Waals surface area contributed by atoms with Crippen LogP contribution in [0.5, 0.6) is 5.88 Å². The molecule has 3 rings (SSSR count). The van der Waals surface area contributed by atoms with Crippen molar-refractivity contribution in [2.75, 3.05) is 75.1 Å². The van der Waals surface area contributed by atoms with Crippen molar-refractivity contribution in [2.45, 2.75) is 26.7 Å². The first-order valence-corrected chi connectivity index (χ1v) is 11.8. The number of carbonyl (C=O) groups excluding carboxylic acids is 1. The molecule has 1 fully saturated rings. The molecule has 0 unspecified atom stereocenters. The number of hydrogen-bond donors (Lipinski definition) is 2. The molecule has 2 N–H and O–H groups in total. The summed E-state index contributed by atoms with van der Waals surface area (Å²) < 4.78 is 11.4. The molecule has 9 heteroatoms. The molecule has 1 saturated heterocycles. The summed E-state index contributed by atoms with van der Waals surface area (Å²) in [6.07, 6.45) is 1.92. The number of rotatable bonds is 12. The van der Waals surface area contributed by atoms with Crippen LogP contribution in [0.3, 0.4) is 0 Å². The molecule has 0 atom stereocenters. The van der Waals surface area contributed by atoms with E-state index in [-0.39, 0.29) is 11.6 Å². The predicted molar refractivity (Wildman–Crippen MR) is 132 cm³/mol. The molecular weight excluding hydrogens is 420 g/mol. The highest BCUT2D eigenvalue weighted by molar-refractivity contribution is 6.03. The third-order valence-corrected chi connectivity index (χ3v) is 5.36. The first-order valence-electron chi connectivity index (χ1n) is 11.8. The molecule has 1 aliphatic heterocycles. The molecule has 0 aliphatic carbocycles. The molecule has 2 aromatic rings. The van der Waals surface area contributed by atoms with Crippen molar-refractivity contribution in [3.63, 3.8) is 0 Å². The van der Waals surface area contributed by atoms with Gasteiger partial charge in [0.25, 0.3) is 5.91 Å². The number of amides is 1. The van der Waals surface area contributed by atoms with Crippen LogP contribution in [-0.4, -0.2) is 80.4 Å². The van der Waals surface area contributed by atoms with E-state index in [9.17, 15) is 4.79 Å². The van der Waals surface area contributed by atoms with Gasteiger partial charge in [0.1, 0.15) is 12.3 Å². The number of aromatic nitrogens is 2. The smallest absolute Gasteiger partial charge is 0.274 e. The maximum atomic E-state index is 13.1. The summed E-state index contributed by atoms with van der Waals surface area (Å²) in [4.78, 5) is 26.7. The van der Waals surface area contributed by atoms with Crippen molar-refractivity contribution >= 4 is 23.2 Å². The second-order valence-electron chi connectivity index (χ2n) is 7.97. The Labute approximate surface area is 196 Å². The summed E-state index contributed by atoms with van der Waals surface area (Å²) in [6.45, 7) is 10.4. The van der Waals surface area contributed by atoms with E-state index in [1.807, 2.05) is 31.3 Å². The topological polar surface area (TPSA) is 91.8 Å². The molecule has 0 bridgehead atoms. The first-order chi connectivity index (χ1) is 16.1. The predicted octanol–water partition coefficient (Wildman–Crippen LogP) is 3.11. The van der Waals surface area contributed by atoms with E-state index in [1.54, 1.807) is 6.07 Å². The Hall–Kier alpha value is -2.91. The lowest BCUT2D eigenvalue weighted by Gasteiger charge is -2.26. The average Bonchev–Trinajstić information content (AvgIpc) is 2.84. The van der Waals surface area contributed by atoms with Crippen molar-refractivity contribution < 1.29 is 14.3 Å². The second-order valence-corrected chi connectivity index (χ2v) is 7.97. The highest BCUT2D eigenvalue weighted by Crippen LogP contribution is 2.20. The highest BCUT2D eigenvalue weighted by Gasteiger charge is 2.17. The van der Waals surface area contributed by atoms with Gasteiger partial charge in [0.05, 0.1) is 13.2 Å². The monoisotopic (exact) mass is 456 g/mol. The zero-order valence-corrected chi connectivity index (χ0v) is 20.0. The number of benzene rings is 1. The average molecular weight is 457 g/mol. The van der Waals surface area contributed by atoms with E-state index >= 15 is 0 Å². The van der Waals surface area contributed by atoms with Crippen LogP contribution in [0.2, 0.25) is 0 Å². The molecule has 1 amide bonds. The Morgan fingerprint density at radius 3 is 2.55 bits per heavy atom. The van der Waals surface area contributed by atoms with E-state index in [0.29, 0.717) is 24.1 Å². The van der Waals surface area contributed by atoms with Gasteiger partial charge in [-0.15, -0.1) is 0 Å². The van der Waals surface area contributed by atoms with Crippen molar-refractivity contribution in [1.82, 2.24) is 14.9 Å². The van der Waals surface area contributed by atoms with Crippen LogP contribution >= 0.6 is 0 Å². The number of morpholine rings is 1. The summed E-state index contributed by atoms with van der Waals surface area (Å²) in [6, 6.07) is 9.17. The van der Waals surface area contributed by atoms with Crippen molar-refractivity contribution in [1.29, 1.82) is 0 Å². The van der Waals surface area contributed by atoms with E-state index in [4.69, 9.17) is 9.47 Å². The van der Waals surface area contributed by atoms with E-state index in [2.05, 4.69) is 44.2 Å². The van der Waals surface area contributed by atoms with Crippen LogP contribution in [0.15, 0.2) is 30.3 Å². The molecular formula is C24H36N6O3. The Kier molecular flexibility index (Phi) is 9.71. The van der Waals surface area contributed by atoms with Gasteiger partial charge in [-0.25, -0.2) is 4.98 Å². The summed E-state index contributed by atoms with van der Waals surface area (Å²) in [5.41, 5.74) is 1.90. The fraction of sp³-hybridized carbons (Fsp3) is 0.542. The Bertz CT molecular complexity index is 882. The minimum Gasteiger partial charge on any atom is -0.476 e. The van der Waals surface area contributed by atoms with Crippen LogP contribution in [0.1, 0.15) is 37.2 Å². The lowest BCUT2D eigenvalue weighted by Crippen LogP contribution is -2.38. The second kappa shape index (κ2) is 13.0. The molecule has 180 valence electrons. The van der Waals surface area contributed by atoms with Gasteiger partial charge in [0, 0.05) is 57.2 Å². The van der Waals surface area contributed by atoms with Gasteiger partial charge in [-0.3, -0.25) is 9.69 Å². The number of nitrogens with one attached hydrogen (secondary N) is 2. The number of carbonyl (C=O) groups is 1. The minimum atomic E-state index is -0.294. The Balaban J connectivity index is 1.78. The molecule has 0 radical (unpaired) electrons. The zero-order valence-electron chi connectivity index (χ0n) is 20.0. The first kappa shape index (κ1) is 24.7. The molecule has 33 heavy (non-hydrogen) atoms. The van der Waals surface area contributed by atoms with Crippen LogP contribution in [0, 0.1) is 0 Å². The lowest BCUT2D eigenvalue weighted by atomic mass is 10.2. The molecule has 1 aliphatic rings. The molecule has 2 heterocycles. The maximum Gasteiger partial charge on any atom is 0.274 e. The SMILES string of the molecule is CCCN(CCC)c1nc(OCCN2CCOCC2)cc(C(=O)Nc2cccc(NC)c2)n1. The highest BCUT2D eigenvalue weighted by atomic mass is 16.5. The van der Waals surface area contributed by atoms with Gasteiger partial charge < -0.3 is 25.0 Å². The van der Waals surface area contributed by atoms with E-state index < -0.39 is 0 Å². The quantitative estimate of drug-likeness (QED) is 0.503. The third-order valence-electron chi connectivity index (χ3n) is 5.36. The Morgan fingerprint density at radius 1 is 1.12 bits per heavy atom. The van der Waals surface area contributed by atoms with Gasteiger partial charge in [-0.1, -0.05) is 19.9 Å². The van der Waals surface area contributed by atoms with E-state index in [1.165, 1.54) is 0 Å². The normalized spacial score (nSPS) is 14.0. The minimum absolute atomic E-state index is 0.286. The lowest BCUT2D eigenvalue weighted by molar-refractivity contribution is 0.0320. The summed E-state index contributed by atoms with van der Waals surface area (Å²) >= 11 is 0. The number of hydrogen-bond acceptors (Lipinski definition) is 8. The van der Waals surface area contributed by atoms with Gasteiger partial charge >= 0.3 is 0 Å². The van der Waals surface area contributed by atoms with Crippen molar-refractivity contribution in [3.05, 3.63) is 36.0 Å². The number of anilines is 3. The van der Waals surface area contributed by atoms with Gasteiger partial charge in [-0.05, 0) is 31.0 Å². The van der Waals surface area contributed by atoms with Crippen molar-refractivity contribution in [3.8, 4) is 5.88 Å². The maximum absolute atomic E-state index is 13.1. The van der Waals surface area contributed by atoms with Crippen LogP contribution in [0.25, 0.3) is 0 Å². The zero-order chi connectivity index (χ0) is 23.5. The van der Waals surface area contributed by atoms with Gasteiger partial charge in [0.2, 0.25) is 11.8 Å². The molecule has 1 aromatic heterocycles. The number of nitrogens with zero attached hydrogens (tertiary/aromatic N) is 4. The fourth-order valence-corrected chi connectivity index (χ4v) is 3.65. The fourth-order valence-electron chi connectivity index (χ4n) is 3.65. The van der Waals surface area contributed by atoms with Crippen LogP contribution in [-0.2, 0) is 4.74 Å². The molecule has 1 aromatic carbocycles. The van der Waals surface area contributed by atoms with Crippen LogP contribution in [0.4, 0.5) is 17.3 Å². The van der Waals surface area contributed by atoms with Gasteiger partial charge in [-0.2, -0.15) is 4.98 Å². The molecule has 0 saturated carbocycles. The summed E-state index contributed by atoms with van der Waals surface area (Å²) in [5, 5.41) is 6.01. The Morgan fingerprint density at radius 2 is 1.85 bits per heavy atom. The standard InChI is InChI=1S/C24H36N6O3/c1-4-9-30(10-5-2)24-27-21(23(31)26-20-8-6-7-19(17-20)25-3)18-22(28-24)33-16-13-29-11-14-32-15-12-29/h6-8,17-18,25H,4-5,9-16H2,1-3H3,(H,26,31). The van der Waals surface area contributed by atoms with Crippen molar-refractivity contribution in [2.24, 2.45) is 0 Å². The van der Waals surface area contributed by atoms with Gasteiger partial charge in [0.15, 0.2) is 0 Å². The third kappa shape index (κ3) is 7.57.